The molecule has 4 atom stereocenters. The van der Waals surface area contributed by atoms with Crippen molar-refractivity contribution in [3.05, 3.63) is 76.4 Å². The molecule has 0 saturated carbocycles. The summed E-state index contributed by atoms with van der Waals surface area (Å²) in [6.45, 7) is 25.0. The molecule has 2 N–H and O–H groups in total. The molecular formula is C41H62N4O5S. The molecule has 0 fully saturated rings. The number of rotatable bonds is 12. The zero-order valence-corrected chi connectivity index (χ0v) is 34.3. The molecule has 2 aromatic carbocycles. The SMILES string of the molecule is CN[C@H](C(=O)N[C@H](C(=O)N(C)[C@H](/C=C(\C)C(=O)N1C(C)c2cc(C(C)C)cc(C(C)C)c2S1(=O)=O)C(C)C)C(C)(C)C)C(C)(C)c1ccccc1. The highest BCUT2D eigenvalue weighted by molar-refractivity contribution is 7.90. The topological polar surface area (TPSA) is 116 Å². The van der Waals surface area contributed by atoms with Gasteiger partial charge in [0.1, 0.15) is 6.04 Å². The third-order valence-electron chi connectivity index (χ3n) is 10.4. The van der Waals surface area contributed by atoms with Crippen LogP contribution in [0, 0.1) is 11.3 Å². The summed E-state index contributed by atoms with van der Waals surface area (Å²) in [5.74, 6) is -1.23. The van der Waals surface area contributed by atoms with Gasteiger partial charge in [0.2, 0.25) is 11.8 Å². The van der Waals surface area contributed by atoms with E-state index < -0.39 is 50.9 Å². The van der Waals surface area contributed by atoms with E-state index >= 15 is 0 Å². The lowest BCUT2D eigenvalue weighted by Crippen LogP contribution is -2.61. The average Bonchev–Trinajstić information content (AvgIpc) is 3.24. The fraction of sp³-hybridized carbons (Fsp3) is 0.585. The van der Waals surface area contributed by atoms with Gasteiger partial charge in [-0.05, 0) is 66.3 Å². The quantitative estimate of drug-likeness (QED) is 0.227. The van der Waals surface area contributed by atoms with Gasteiger partial charge in [0, 0.05) is 18.0 Å². The second-order valence-electron chi connectivity index (χ2n) is 16.8. The number of amides is 3. The van der Waals surface area contributed by atoms with Crippen LogP contribution < -0.4 is 10.6 Å². The van der Waals surface area contributed by atoms with Crippen molar-refractivity contribution < 1.29 is 22.8 Å². The Balaban J connectivity index is 1.97. The van der Waals surface area contributed by atoms with E-state index in [9.17, 15) is 22.8 Å². The third-order valence-corrected chi connectivity index (χ3v) is 12.4. The number of carbonyl (C=O) groups is 3. The smallest absolute Gasteiger partial charge is 0.267 e. The van der Waals surface area contributed by atoms with Crippen LogP contribution in [0.1, 0.15) is 130 Å². The molecule has 0 bridgehead atoms. The predicted molar refractivity (Wildman–Crippen MR) is 206 cm³/mol. The molecule has 0 aromatic heterocycles. The number of benzene rings is 2. The van der Waals surface area contributed by atoms with Crippen molar-refractivity contribution in [1.29, 1.82) is 0 Å². The number of hydrogen-bond donors (Lipinski definition) is 2. The Morgan fingerprint density at radius 3 is 1.94 bits per heavy atom. The molecule has 1 heterocycles. The van der Waals surface area contributed by atoms with Gasteiger partial charge in [-0.1, -0.05) is 125 Å². The van der Waals surface area contributed by atoms with Gasteiger partial charge in [0.25, 0.3) is 15.9 Å². The van der Waals surface area contributed by atoms with Gasteiger partial charge < -0.3 is 15.5 Å². The minimum absolute atomic E-state index is 0.0554. The van der Waals surface area contributed by atoms with E-state index in [1.807, 2.05) is 105 Å². The lowest BCUT2D eigenvalue weighted by atomic mass is 9.76. The molecular weight excluding hydrogens is 661 g/mol. The van der Waals surface area contributed by atoms with E-state index in [0.29, 0.717) is 11.1 Å². The molecule has 2 aromatic rings. The first kappa shape index (κ1) is 41.9. The van der Waals surface area contributed by atoms with Crippen molar-refractivity contribution in [1.82, 2.24) is 19.8 Å². The second-order valence-corrected chi connectivity index (χ2v) is 18.5. The van der Waals surface area contributed by atoms with Crippen molar-refractivity contribution in [3.63, 3.8) is 0 Å². The maximum atomic E-state index is 14.4. The van der Waals surface area contributed by atoms with Crippen molar-refractivity contribution in [2.75, 3.05) is 14.1 Å². The Kier molecular flexibility index (Phi) is 12.8. The lowest BCUT2D eigenvalue weighted by molar-refractivity contribution is -0.141. The van der Waals surface area contributed by atoms with Crippen LogP contribution in [-0.4, -0.2) is 67.6 Å². The number of likely N-dealkylation sites (N-methyl/N-ethyl adjacent to an activating group) is 2. The van der Waals surface area contributed by atoms with Crippen LogP contribution in [0.2, 0.25) is 0 Å². The van der Waals surface area contributed by atoms with Gasteiger partial charge >= 0.3 is 0 Å². The maximum Gasteiger partial charge on any atom is 0.267 e. The van der Waals surface area contributed by atoms with Gasteiger partial charge in [-0.25, -0.2) is 12.7 Å². The van der Waals surface area contributed by atoms with Crippen LogP contribution in [0.5, 0.6) is 0 Å². The number of sulfonamides is 1. The fourth-order valence-electron chi connectivity index (χ4n) is 7.12. The predicted octanol–water partition coefficient (Wildman–Crippen LogP) is 7.05. The van der Waals surface area contributed by atoms with E-state index in [1.165, 1.54) is 0 Å². The van der Waals surface area contributed by atoms with Crippen molar-refractivity contribution in [3.8, 4) is 0 Å². The van der Waals surface area contributed by atoms with E-state index in [1.54, 1.807) is 38.9 Å². The van der Waals surface area contributed by atoms with Crippen molar-refractivity contribution in [2.24, 2.45) is 11.3 Å². The van der Waals surface area contributed by atoms with Crippen LogP contribution in [-0.2, 0) is 29.8 Å². The van der Waals surface area contributed by atoms with E-state index in [4.69, 9.17) is 0 Å². The number of fused-ring (bicyclic) bond motifs is 1. The fourth-order valence-corrected chi connectivity index (χ4v) is 9.33. The van der Waals surface area contributed by atoms with E-state index in [0.717, 1.165) is 15.4 Å². The van der Waals surface area contributed by atoms with Crippen LogP contribution in [0.3, 0.4) is 0 Å². The van der Waals surface area contributed by atoms with E-state index in [-0.39, 0.29) is 40.0 Å². The Morgan fingerprint density at radius 1 is 0.902 bits per heavy atom. The van der Waals surface area contributed by atoms with Crippen molar-refractivity contribution in [2.45, 2.75) is 136 Å². The summed E-state index contributed by atoms with van der Waals surface area (Å²) in [6.07, 6.45) is 1.69. The summed E-state index contributed by atoms with van der Waals surface area (Å²) in [4.78, 5) is 44.3. The van der Waals surface area contributed by atoms with Gasteiger partial charge in [0.05, 0.1) is 23.0 Å². The maximum absolute atomic E-state index is 14.4. The summed E-state index contributed by atoms with van der Waals surface area (Å²) in [5, 5.41) is 6.23. The van der Waals surface area contributed by atoms with Gasteiger partial charge in [-0.2, -0.15) is 0 Å². The standard InChI is InChI=1S/C41H62N4O5S/c1-24(2)29-22-31(25(3)4)34-32(23-29)28(8)45(51(34,49)50)38(47)27(7)21-33(26(5)6)44(15)39(48)36(40(9,10)11)43-37(46)35(42-14)41(12,13)30-19-17-16-18-20-30/h16-26,28,33,35-36,42H,1-15H3,(H,43,46)/b27-21+/t28?,33-,35-,36-/m1/s1. The summed E-state index contributed by atoms with van der Waals surface area (Å²) in [7, 11) is -0.724. The molecule has 1 unspecified atom stereocenters. The van der Waals surface area contributed by atoms with Crippen LogP contribution in [0.15, 0.2) is 59.0 Å². The normalized spacial score (nSPS) is 18.1. The summed E-state index contributed by atoms with van der Waals surface area (Å²) in [6, 6.07) is 10.9. The first-order valence-corrected chi connectivity index (χ1v) is 19.6. The molecule has 10 heteroatoms. The van der Waals surface area contributed by atoms with Crippen LogP contribution in [0.4, 0.5) is 0 Å². The van der Waals surface area contributed by atoms with Gasteiger partial charge in [0.15, 0.2) is 0 Å². The molecule has 0 saturated heterocycles. The third kappa shape index (κ3) is 8.43. The zero-order chi connectivity index (χ0) is 39.0. The van der Waals surface area contributed by atoms with Gasteiger partial charge in [-0.15, -0.1) is 0 Å². The minimum Gasteiger partial charge on any atom is -0.342 e. The number of carbonyl (C=O) groups excluding carboxylic acids is 3. The zero-order valence-electron chi connectivity index (χ0n) is 33.5. The number of nitrogens with zero attached hydrogens (tertiary/aromatic N) is 2. The Hall–Kier alpha value is -3.50. The van der Waals surface area contributed by atoms with Crippen LogP contribution >= 0.6 is 0 Å². The van der Waals surface area contributed by atoms with Gasteiger partial charge in [-0.3, -0.25) is 14.4 Å². The Morgan fingerprint density at radius 2 is 1.47 bits per heavy atom. The minimum atomic E-state index is -4.13. The molecule has 282 valence electrons. The molecule has 51 heavy (non-hydrogen) atoms. The molecule has 1 aliphatic rings. The monoisotopic (exact) mass is 722 g/mol. The lowest BCUT2D eigenvalue weighted by Gasteiger charge is -2.40. The molecule has 3 amide bonds. The summed E-state index contributed by atoms with van der Waals surface area (Å²) in [5.41, 5.74) is 2.36. The highest BCUT2D eigenvalue weighted by Crippen LogP contribution is 2.45. The molecule has 1 aliphatic heterocycles. The molecule has 0 spiro atoms. The highest BCUT2D eigenvalue weighted by atomic mass is 32.2. The van der Waals surface area contributed by atoms with Crippen LogP contribution in [0.25, 0.3) is 0 Å². The largest absolute Gasteiger partial charge is 0.342 e. The Bertz CT molecular complexity index is 1740. The second kappa shape index (κ2) is 15.6. The van der Waals surface area contributed by atoms with Crippen molar-refractivity contribution >= 4 is 27.7 Å². The first-order chi connectivity index (χ1) is 23.4. The summed E-state index contributed by atoms with van der Waals surface area (Å²) >= 11 is 0. The first-order valence-electron chi connectivity index (χ1n) is 18.2. The highest BCUT2D eigenvalue weighted by Gasteiger charge is 2.46. The molecule has 0 aliphatic carbocycles. The molecule has 9 nitrogen and oxygen atoms in total. The Labute approximate surface area is 307 Å². The number of hydrogen-bond acceptors (Lipinski definition) is 6. The molecule has 3 rings (SSSR count). The average molecular weight is 723 g/mol. The summed E-state index contributed by atoms with van der Waals surface area (Å²) < 4.78 is 29.2. The molecule has 0 radical (unpaired) electrons. The number of nitrogens with one attached hydrogen (secondary N) is 2. The van der Waals surface area contributed by atoms with E-state index in [2.05, 4.69) is 24.5 Å².